The molecule has 0 aliphatic rings. The molecule has 0 aromatic heterocycles. The van der Waals surface area contributed by atoms with Crippen molar-refractivity contribution in [1.82, 2.24) is 0 Å². The Hall–Kier alpha value is -1.39. The van der Waals surface area contributed by atoms with Gasteiger partial charge < -0.3 is 10.1 Å². The normalized spacial score (nSPS) is 10.6. The summed E-state index contributed by atoms with van der Waals surface area (Å²) in [6.07, 6.45) is 0.915. The molecule has 0 fully saturated rings. The first-order valence-electron chi connectivity index (χ1n) is 6.26. The Morgan fingerprint density at radius 2 is 1.95 bits per heavy atom. The van der Waals surface area contributed by atoms with Crippen LogP contribution in [-0.2, 0) is 9.53 Å². The molecule has 4 heteroatoms. The number of rotatable bonds is 5. The van der Waals surface area contributed by atoms with Crippen LogP contribution in [0.25, 0.3) is 10.8 Å². The quantitative estimate of drug-likeness (QED) is 0.846. The molecule has 2 rings (SSSR count). The number of ether oxygens (including phenoxy) is 1. The lowest BCUT2D eigenvalue weighted by Gasteiger charge is -2.07. The molecule has 19 heavy (non-hydrogen) atoms. The lowest BCUT2D eigenvalue weighted by Crippen LogP contribution is -2.18. The molecule has 0 saturated heterocycles. The van der Waals surface area contributed by atoms with Gasteiger partial charge in [-0.25, -0.2) is 0 Å². The summed E-state index contributed by atoms with van der Waals surface area (Å²) in [5.74, 6) is -0.120. The van der Waals surface area contributed by atoms with E-state index in [9.17, 15) is 4.79 Å². The van der Waals surface area contributed by atoms with Crippen LogP contribution in [0, 0.1) is 0 Å². The third-order valence-electron chi connectivity index (χ3n) is 2.67. The second kappa shape index (κ2) is 6.68. The molecule has 1 amide bonds. The molecule has 0 heterocycles. The zero-order valence-electron chi connectivity index (χ0n) is 10.8. The minimum atomic E-state index is -0.120. The third-order valence-corrected chi connectivity index (χ3v) is 3.16. The van der Waals surface area contributed by atoms with Gasteiger partial charge in [0.1, 0.15) is 6.61 Å². The van der Waals surface area contributed by atoms with Crippen molar-refractivity contribution in [1.29, 1.82) is 0 Å². The first-order valence-corrected chi connectivity index (χ1v) is 7.05. The molecule has 0 spiro atoms. The highest BCUT2D eigenvalue weighted by Gasteiger charge is 2.03. The fraction of sp³-hybridized carbons (Fsp3) is 0.267. The van der Waals surface area contributed by atoms with Crippen molar-refractivity contribution in [3.05, 3.63) is 40.9 Å². The van der Waals surface area contributed by atoms with Crippen molar-refractivity contribution in [2.24, 2.45) is 0 Å². The van der Waals surface area contributed by atoms with Crippen molar-refractivity contribution >= 4 is 38.3 Å². The smallest absolute Gasteiger partial charge is 0.250 e. The van der Waals surface area contributed by atoms with Crippen LogP contribution in [0.3, 0.4) is 0 Å². The van der Waals surface area contributed by atoms with Gasteiger partial charge in [0.05, 0.1) is 0 Å². The monoisotopic (exact) mass is 321 g/mol. The van der Waals surface area contributed by atoms with Crippen LogP contribution in [-0.4, -0.2) is 19.1 Å². The molecule has 2 aromatic carbocycles. The number of hydrogen-bond donors (Lipinski definition) is 1. The summed E-state index contributed by atoms with van der Waals surface area (Å²) >= 11 is 3.44. The Kier molecular flexibility index (Phi) is 4.93. The standard InChI is InChI=1S/C15H16BrNO2/c1-2-7-19-10-15(18)17-14-6-4-11-8-13(16)5-3-12(11)9-14/h3-6,8-9H,2,7,10H2,1H3,(H,17,18). The summed E-state index contributed by atoms with van der Waals surface area (Å²) in [7, 11) is 0. The number of anilines is 1. The van der Waals surface area contributed by atoms with Crippen LogP contribution >= 0.6 is 15.9 Å². The van der Waals surface area contributed by atoms with Crippen molar-refractivity contribution < 1.29 is 9.53 Å². The number of carbonyl (C=O) groups excluding carboxylic acids is 1. The Labute approximate surface area is 121 Å². The first-order chi connectivity index (χ1) is 9.19. The molecule has 1 N–H and O–H groups in total. The van der Waals surface area contributed by atoms with Gasteiger partial charge in [0.15, 0.2) is 0 Å². The number of carbonyl (C=O) groups is 1. The van der Waals surface area contributed by atoms with E-state index in [1.165, 1.54) is 0 Å². The lowest BCUT2D eigenvalue weighted by atomic mass is 10.1. The number of nitrogens with one attached hydrogen (secondary N) is 1. The molecule has 0 atom stereocenters. The van der Waals surface area contributed by atoms with Crippen molar-refractivity contribution in [3.63, 3.8) is 0 Å². The van der Waals surface area contributed by atoms with Gasteiger partial charge in [0.25, 0.3) is 0 Å². The number of benzene rings is 2. The Bertz CT molecular complexity index is 583. The lowest BCUT2D eigenvalue weighted by molar-refractivity contribution is -0.120. The Morgan fingerprint density at radius 3 is 2.74 bits per heavy atom. The van der Waals surface area contributed by atoms with Crippen LogP contribution in [0.4, 0.5) is 5.69 Å². The van der Waals surface area contributed by atoms with E-state index in [0.29, 0.717) is 6.61 Å². The van der Waals surface area contributed by atoms with Gasteiger partial charge in [-0.15, -0.1) is 0 Å². The van der Waals surface area contributed by atoms with E-state index < -0.39 is 0 Å². The fourth-order valence-electron chi connectivity index (χ4n) is 1.80. The molecule has 0 unspecified atom stereocenters. The van der Waals surface area contributed by atoms with E-state index in [-0.39, 0.29) is 12.5 Å². The summed E-state index contributed by atoms with van der Waals surface area (Å²) in [5, 5.41) is 5.06. The van der Waals surface area contributed by atoms with Crippen LogP contribution in [0.1, 0.15) is 13.3 Å². The van der Waals surface area contributed by atoms with Crippen LogP contribution in [0.2, 0.25) is 0 Å². The molecular weight excluding hydrogens is 306 g/mol. The van der Waals surface area contributed by atoms with E-state index in [0.717, 1.165) is 27.4 Å². The zero-order valence-corrected chi connectivity index (χ0v) is 12.4. The number of hydrogen-bond acceptors (Lipinski definition) is 2. The van der Waals surface area contributed by atoms with Crippen molar-refractivity contribution in [3.8, 4) is 0 Å². The molecule has 0 radical (unpaired) electrons. The van der Waals surface area contributed by atoms with Crippen molar-refractivity contribution in [2.45, 2.75) is 13.3 Å². The Morgan fingerprint density at radius 1 is 1.21 bits per heavy atom. The summed E-state index contributed by atoms with van der Waals surface area (Å²) in [5.41, 5.74) is 0.792. The number of amides is 1. The minimum Gasteiger partial charge on any atom is -0.372 e. The molecule has 0 bridgehead atoms. The number of fused-ring (bicyclic) bond motifs is 1. The van der Waals surface area contributed by atoms with Gasteiger partial charge in [-0.1, -0.05) is 35.0 Å². The highest BCUT2D eigenvalue weighted by Crippen LogP contribution is 2.22. The van der Waals surface area contributed by atoms with Crippen LogP contribution in [0.5, 0.6) is 0 Å². The van der Waals surface area contributed by atoms with Crippen LogP contribution in [0.15, 0.2) is 40.9 Å². The maximum atomic E-state index is 11.6. The average molecular weight is 322 g/mol. The van der Waals surface area contributed by atoms with E-state index in [1.807, 2.05) is 43.3 Å². The summed E-state index contributed by atoms with van der Waals surface area (Å²) < 4.78 is 6.25. The third kappa shape index (κ3) is 4.04. The minimum absolute atomic E-state index is 0.103. The summed E-state index contributed by atoms with van der Waals surface area (Å²) in [4.78, 5) is 11.6. The SMILES string of the molecule is CCCOCC(=O)Nc1ccc2cc(Br)ccc2c1. The largest absolute Gasteiger partial charge is 0.372 e. The maximum absolute atomic E-state index is 11.6. The maximum Gasteiger partial charge on any atom is 0.250 e. The average Bonchev–Trinajstić information content (AvgIpc) is 2.39. The van der Waals surface area contributed by atoms with Gasteiger partial charge >= 0.3 is 0 Å². The van der Waals surface area contributed by atoms with Gasteiger partial charge in [-0.2, -0.15) is 0 Å². The van der Waals surface area contributed by atoms with Crippen LogP contribution < -0.4 is 5.32 Å². The van der Waals surface area contributed by atoms with Gasteiger partial charge in [0, 0.05) is 16.8 Å². The second-order valence-electron chi connectivity index (χ2n) is 4.31. The van der Waals surface area contributed by atoms with E-state index in [1.54, 1.807) is 0 Å². The predicted octanol–water partition coefficient (Wildman–Crippen LogP) is 3.97. The summed E-state index contributed by atoms with van der Waals surface area (Å²) in [6.45, 7) is 2.73. The Balaban J connectivity index is 2.05. The van der Waals surface area contributed by atoms with Gasteiger partial charge in [-0.3, -0.25) is 4.79 Å². The van der Waals surface area contributed by atoms with Gasteiger partial charge in [-0.05, 0) is 41.5 Å². The van der Waals surface area contributed by atoms with Gasteiger partial charge in [0.2, 0.25) is 5.91 Å². The summed E-state index contributed by atoms with van der Waals surface area (Å²) in [6, 6.07) is 11.9. The first kappa shape index (κ1) is 14.0. The molecule has 3 nitrogen and oxygen atoms in total. The second-order valence-corrected chi connectivity index (χ2v) is 5.22. The molecule has 0 aliphatic carbocycles. The zero-order chi connectivity index (χ0) is 13.7. The molecule has 100 valence electrons. The molecule has 0 saturated carbocycles. The predicted molar refractivity (Wildman–Crippen MR) is 81.4 cm³/mol. The molecular formula is C15H16BrNO2. The highest BCUT2D eigenvalue weighted by molar-refractivity contribution is 9.10. The van der Waals surface area contributed by atoms with Crippen molar-refractivity contribution in [2.75, 3.05) is 18.5 Å². The van der Waals surface area contributed by atoms with E-state index in [2.05, 4.69) is 21.2 Å². The highest BCUT2D eigenvalue weighted by atomic mass is 79.9. The molecule has 2 aromatic rings. The molecule has 0 aliphatic heterocycles. The fourth-order valence-corrected chi connectivity index (χ4v) is 2.18. The van der Waals surface area contributed by atoms with E-state index in [4.69, 9.17) is 4.74 Å². The number of halogens is 1. The van der Waals surface area contributed by atoms with E-state index >= 15 is 0 Å². The topological polar surface area (TPSA) is 38.3 Å².